The number of carbonyl (C=O) groups excluding carboxylic acids is 1. The van der Waals surface area contributed by atoms with Gasteiger partial charge in [0, 0.05) is 25.6 Å². The Balaban J connectivity index is 1.81. The van der Waals surface area contributed by atoms with Crippen LogP contribution in [0, 0.1) is 11.8 Å². The van der Waals surface area contributed by atoms with Crippen LogP contribution in [-0.4, -0.2) is 50.2 Å². The number of ether oxygens (including phenoxy) is 1. The van der Waals surface area contributed by atoms with Gasteiger partial charge in [0.15, 0.2) is 0 Å². The topological polar surface area (TPSA) is 41.6 Å². The zero-order valence-electron chi connectivity index (χ0n) is 14.5. The van der Waals surface area contributed by atoms with Gasteiger partial charge < -0.3 is 15.0 Å². The molecule has 1 N–H and O–H groups in total. The number of esters is 1. The molecular formula is C18H34N2O2. The van der Waals surface area contributed by atoms with Crippen LogP contribution in [0.3, 0.4) is 0 Å². The molecule has 4 nitrogen and oxygen atoms in total. The number of hydrogen-bond donors (Lipinski definition) is 1. The number of likely N-dealkylation sites (tertiary alicyclic amines) is 1. The van der Waals surface area contributed by atoms with Gasteiger partial charge in [-0.05, 0) is 50.6 Å². The minimum atomic E-state index is -0.0584. The maximum Gasteiger partial charge on any atom is 0.305 e. The molecule has 0 amide bonds. The number of hydrogen-bond acceptors (Lipinski definition) is 4. The molecule has 2 unspecified atom stereocenters. The quantitative estimate of drug-likeness (QED) is 0.700. The van der Waals surface area contributed by atoms with Crippen LogP contribution in [0.15, 0.2) is 0 Å². The Morgan fingerprint density at radius 1 is 1.23 bits per heavy atom. The SMILES string of the molecule is CCCCN1CC(CC(=O)OC)CC(NCC2CCCC2)C1. The summed E-state index contributed by atoms with van der Waals surface area (Å²) in [6.07, 6.45) is 9.77. The summed E-state index contributed by atoms with van der Waals surface area (Å²) in [5.74, 6) is 1.26. The highest BCUT2D eigenvalue weighted by molar-refractivity contribution is 5.69. The number of carbonyl (C=O) groups is 1. The van der Waals surface area contributed by atoms with Gasteiger partial charge in [-0.3, -0.25) is 4.79 Å². The maximum atomic E-state index is 11.6. The molecule has 2 rings (SSSR count). The zero-order valence-corrected chi connectivity index (χ0v) is 14.5. The molecule has 22 heavy (non-hydrogen) atoms. The fourth-order valence-electron chi connectivity index (χ4n) is 4.03. The molecule has 1 saturated heterocycles. The third-order valence-electron chi connectivity index (χ3n) is 5.29. The average Bonchev–Trinajstić information content (AvgIpc) is 3.04. The first-order valence-electron chi connectivity index (χ1n) is 9.23. The lowest BCUT2D eigenvalue weighted by Crippen LogP contribution is -2.50. The first kappa shape index (κ1) is 17.7. The summed E-state index contributed by atoms with van der Waals surface area (Å²) < 4.78 is 4.87. The molecule has 1 heterocycles. The zero-order chi connectivity index (χ0) is 15.8. The summed E-state index contributed by atoms with van der Waals surface area (Å²) in [5.41, 5.74) is 0. The van der Waals surface area contributed by atoms with Crippen molar-refractivity contribution >= 4 is 5.97 Å². The number of nitrogens with zero attached hydrogens (tertiary/aromatic N) is 1. The van der Waals surface area contributed by atoms with E-state index in [9.17, 15) is 4.79 Å². The van der Waals surface area contributed by atoms with Crippen molar-refractivity contribution in [3.8, 4) is 0 Å². The molecule has 1 aliphatic carbocycles. The maximum absolute atomic E-state index is 11.6. The molecule has 0 spiro atoms. The van der Waals surface area contributed by atoms with E-state index < -0.39 is 0 Å². The lowest BCUT2D eigenvalue weighted by molar-refractivity contribution is -0.142. The molecule has 0 aromatic rings. The first-order valence-corrected chi connectivity index (χ1v) is 9.23. The van der Waals surface area contributed by atoms with E-state index in [4.69, 9.17) is 4.74 Å². The van der Waals surface area contributed by atoms with Crippen LogP contribution in [0.2, 0.25) is 0 Å². The number of piperidine rings is 1. The van der Waals surface area contributed by atoms with E-state index >= 15 is 0 Å². The number of nitrogens with one attached hydrogen (secondary N) is 1. The fourth-order valence-corrected chi connectivity index (χ4v) is 4.03. The molecule has 2 fully saturated rings. The summed E-state index contributed by atoms with van der Waals surface area (Å²) in [6, 6.07) is 0.542. The van der Waals surface area contributed by atoms with E-state index in [-0.39, 0.29) is 5.97 Å². The van der Waals surface area contributed by atoms with Gasteiger partial charge in [-0.1, -0.05) is 26.2 Å². The van der Waals surface area contributed by atoms with Crippen molar-refractivity contribution in [2.45, 2.75) is 64.3 Å². The third-order valence-corrected chi connectivity index (χ3v) is 5.29. The Bertz CT molecular complexity index is 329. The third kappa shape index (κ3) is 5.88. The summed E-state index contributed by atoms with van der Waals surface area (Å²) >= 11 is 0. The van der Waals surface area contributed by atoms with Gasteiger partial charge in [-0.15, -0.1) is 0 Å². The van der Waals surface area contributed by atoms with E-state index in [1.807, 2.05) is 0 Å². The van der Waals surface area contributed by atoms with Crippen molar-refractivity contribution in [3.05, 3.63) is 0 Å². The number of methoxy groups -OCH3 is 1. The van der Waals surface area contributed by atoms with Crippen LogP contribution in [-0.2, 0) is 9.53 Å². The summed E-state index contributed by atoms with van der Waals surface area (Å²) in [4.78, 5) is 14.2. The Morgan fingerprint density at radius 2 is 2.00 bits per heavy atom. The lowest BCUT2D eigenvalue weighted by Gasteiger charge is -2.38. The molecule has 1 aliphatic heterocycles. The molecule has 0 aromatic heterocycles. The normalized spacial score (nSPS) is 27.2. The van der Waals surface area contributed by atoms with Gasteiger partial charge in [0.2, 0.25) is 0 Å². The largest absolute Gasteiger partial charge is 0.469 e. The van der Waals surface area contributed by atoms with Crippen LogP contribution in [0.5, 0.6) is 0 Å². The highest BCUT2D eigenvalue weighted by Gasteiger charge is 2.29. The highest BCUT2D eigenvalue weighted by Crippen LogP contribution is 2.25. The molecule has 0 radical (unpaired) electrons. The van der Waals surface area contributed by atoms with Gasteiger partial charge in [0.05, 0.1) is 7.11 Å². The van der Waals surface area contributed by atoms with Gasteiger partial charge in [0.1, 0.15) is 0 Å². The molecule has 0 aromatic carbocycles. The standard InChI is InChI=1S/C18H34N2O2/c1-3-4-9-20-13-16(11-18(21)22-2)10-17(14-20)19-12-15-7-5-6-8-15/h15-17,19H,3-14H2,1-2H3. The summed E-state index contributed by atoms with van der Waals surface area (Å²) in [6.45, 7) is 6.76. The molecule has 128 valence electrons. The minimum absolute atomic E-state index is 0.0584. The van der Waals surface area contributed by atoms with Crippen LogP contribution in [0.25, 0.3) is 0 Å². The Hall–Kier alpha value is -0.610. The van der Waals surface area contributed by atoms with Crippen molar-refractivity contribution in [2.75, 3.05) is 33.3 Å². The molecule has 4 heteroatoms. The fraction of sp³-hybridized carbons (Fsp3) is 0.944. The van der Waals surface area contributed by atoms with Crippen molar-refractivity contribution in [2.24, 2.45) is 11.8 Å². The Labute approximate surface area is 136 Å². The van der Waals surface area contributed by atoms with Crippen molar-refractivity contribution < 1.29 is 9.53 Å². The minimum Gasteiger partial charge on any atom is -0.469 e. The summed E-state index contributed by atoms with van der Waals surface area (Å²) in [7, 11) is 1.50. The average molecular weight is 310 g/mol. The second-order valence-corrected chi connectivity index (χ2v) is 7.25. The molecule has 2 atom stereocenters. The molecule has 2 aliphatic rings. The van der Waals surface area contributed by atoms with Gasteiger partial charge in [0.25, 0.3) is 0 Å². The van der Waals surface area contributed by atoms with E-state index in [0.717, 1.165) is 38.5 Å². The van der Waals surface area contributed by atoms with Crippen LogP contribution >= 0.6 is 0 Å². The van der Waals surface area contributed by atoms with Gasteiger partial charge >= 0.3 is 5.97 Å². The van der Waals surface area contributed by atoms with Gasteiger partial charge in [-0.2, -0.15) is 0 Å². The van der Waals surface area contributed by atoms with Crippen LogP contribution < -0.4 is 5.32 Å². The number of rotatable bonds is 8. The first-order chi connectivity index (χ1) is 10.7. The van der Waals surface area contributed by atoms with Crippen molar-refractivity contribution in [3.63, 3.8) is 0 Å². The highest BCUT2D eigenvalue weighted by atomic mass is 16.5. The second-order valence-electron chi connectivity index (χ2n) is 7.25. The van der Waals surface area contributed by atoms with Gasteiger partial charge in [-0.25, -0.2) is 0 Å². The molecular weight excluding hydrogens is 276 g/mol. The smallest absolute Gasteiger partial charge is 0.305 e. The Morgan fingerprint density at radius 3 is 2.68 bits per heavy atom. The number of unbranched alkanes of at least 4 members (excludes halogenated alkanes) is 1. The Kier molecular flexibility index (Phi) is 7.67. The monoisotopic (exact) mass is 310 g/mol. The second kappa shape index (κ2) is 9.51. The van der Waals surface area contributed by atoms with E-state index in [1.54, 1.807) is 0 Å². The lowest BCUT2D eigenvalue weighted by atomic mass is 9.91. The van der Waals surface area contributed by atoms with E-state index in [0.29, 0.717) is 18.4 Å². The van der Waals surface area contributed by atoms with E-state index in [2.05, 4.69) is 17.1 Å². The molecule has 1 saturated carbocycles. The van der Waals surface area contributed by atoms with Crippen LogP contribution in [0.1, 0.15) is 58.3 Å². The summed E-state index contributed by atoms with van der Waals surface area (Å²) in [5, 5.41) is 3.80. The predicted octanol–water partition coefficient (Wildman–Crippen LogP) is 2.82. The molecule has 0 bridgehead atoms. The van der Waals surface area contributed by atoms with E-state index in [1.165, 1.54) is 45.6 Å². The predicted molar refractivity (Wildman–Crippen MR) is 89.8 cm³/mol. The van der Waals surface area contributed by atoms with Crippen molar-refractivity contribution in [1.29, 1.82) is 0 Å². The van der Waals surface area contributed by atoms with Crippen molar-refractivity contribution in [1.82, 2.24) is 10.2 Å². The van der Waals surface area contributed by atoms with Crippen LogP contribution in [0.4, 0.5) is 0 Å².